The number of allylic oxidation sites excluding steroid dienone is 4. The van der Waals surface area contributed by atoms with Gasteiger partial charge in [0.25, 0.3) is 0 Å². The van der Waals surface area contributed by atoms with E-state index in [-0.39, 0.29) is 0 Å². The lowest BCUT2D eigenvalue weighted by molar-refractivity contribution is 0.354. The second kappa shape index (κ2) is 16.3. The fourth-order valence-corrected chi connectivity index (χ4v) is 12.7. The van der Waals surface area contributed by atoms with E-state index in [4.69, 9.17) is 0 Å². The van der Waals surface area contributed by atoms with Crippen LogP contribution in [0.3, 0.4) is 0 Å². The second-order valence-corrected chi connectivity index (χ2v) is 19.0. The zero-order chi connectivity index (χ0) is 41.7. The van der Waals surface area contributed by atoms with Gasteiger partial charge in [0, 0.05) is 5.92 Å². The Morgan fingerprint density at radius 3 is 1.60 bits per heavy atom. The quantitative estimate of drug-likeness (QED) is 0.150. The molecule has 0 amide bonds. The van der Waals surface area contributed by atoms with Crippen LogP contribution in [0.1, 0.15) is 96.4 Å². The van der Waals surface area contributed by atoms with Crippen LogP contribution in [0.2, 0.25) is 0 Å². The molecule has 0 bridgehead atoms. The standard InChI is InChI=1S/C63H54/c1-3-15-42(16-4-1)51-40-60(48-17-5-2-6-18-48)63-61(41-51)58-25-11-12-26-59(58)62(63)49-35-33-44(34-36-49)43-29-31-45(32-30-43)50-37-52(56-27-13-21-46-19-7-9-23-54(46)56)39-53(38-50)57-28-14-22-47-20-8-10-24-55(47)57/h1-3,5-15,17-36,50-53,60,63H,4,16,37-41H2. The third kappa shape index (κ3) is 7.01. The van der Waals surface area contributed by atoms with Gasteiger partial charge in [-0.2, -0.15) is 0 Å². The molecule has 8 aromatic rings. The van der Waals surface area contributed by atoms with E-state index in [9.17, 15) is 0 Å². The zero-order valence-electron chi connectivity index (χ0n) is 36.0. The average Bonchev–Trinajstić information content (AvgIpc) is 3.70. The molecular weight excluding hydrogens is 757 g/mol. The number of hydrogen-bond donors (Lipinski definition) is 0. The lowest BCUT2D eigenvalue weighted by Crippen LogP contribution is -2.28. The summed E-state index contributed by atoms with van der Waals surface area (Å²) in [6.07, 6.45) is 15.3. The summed E-state index contributed by atoms with van der Waals surface area (Å²) in [5.74, 6) is 2.87. The lowest BCUT2D eigenvalue weighted by Gasteiger charge is -2.40. The lowest BCUT2D eigenvalue weighted by atomic mass is 9.64. The van der Waals surface area contributed by atoms with Gasteiger partial charge in [-0.3, -0.25) is 0 Å². The van der Waals surface area contributed by atoms with Crippen molar-refractivity contribution in [3.63, 3.8) is 0 Å². The molecule has 8 aromatic carbocycles. The number of hydrogen-bond acceptors (Lipinski definition) is 0. The van der Waals surface area contributed by atoms with Crippen LogP contribution in [0.4, 0.5) is 0 Å². The van der Waals surface area contributed by atoms with E-state index >= 15 is 0 Å². The first-order chi connectivity index (χ1) is 31.2. The van der Waals surface area contributed by atoms with Crippen LogP contribution in [0.25, 0.3) is 43.8 Å². The molecule has 0 heterocycles. The molecule has 0 heteroatoms. The highest BCUT2D eigenvalue weighted by atomic mass is 14.4. The van der Waals surface area contributed by atoms with Gasteiger partial charge in [0.2, 0.25) is 0 Å². The van der Waals surface area contributed by atoms with Crippen LogP contribution in [-0.2, 0) is 0 Å². The Morgan fingerprint density at radius 2 is 0.952 bits per heavy atom. The molecule has 0 aliphatic heterocycles. The zero-order valence-corrected chi connectivity index (χ0v) is 36.0. The summed E-state index contributed by atoms with van der Waals surface area (Å²) in [5, 5.41) is 8.42. The Hall–Kier alpha value is -6.50. The van der Waals surface area contributed by atoms with Crippen molar-refractivity contribution in [2.45, 2.75) is 68.6 Å². The van der Waals surface area contributed by atoms with Crippen LogP contribution in [0, 0.1) is 11.8 Å². The minimum atomic E-state index is 0.386. The maximum absolute atomic E-state index is 2.45. The minimum Gasteiger partial charge on any atom is -0.0842 e. The summed E-state index contributed by atoms with van der Waals surface area (Å²) in [4.78, 5) is 0. The molecule has 0 N–H and O–H groups in total. The van der Waals surface area contributed by atoms with Crippen LogP contribution < -0.4 is 10.4 Å². The molecule has 63 heavy (non-hydrogen) atoms. The summed E-state index contributed by atoms with van der Waals surface area (Å²) in [5.41, 5.74) is 14.7. The predicted octanol–water partition coefficient (Wildman–Crippen LogP) is 14.9. The van der Waals surface area contributed by atoms with Crippen molar-refractivity contribution >= 4 is 32.7 Å². The number of fused-ring (bicyclic) bond motifs is 4. The first-order valence-corrected chi connectivity index (χ1v) is 23.6. The summed E-state index contributed by atoms with van der Waals surface area (Å²) < 4.78 is 0. The van der Waals surface area contributed by atoms with Gasteiger partial charge in [-0.1, -0.05) is 217 Å². The van der Waals surface area contributed by atoms with Gasteiger partial charge in [-0.25, -0.2) is 0 Å². The van der Waals surface area contributed by atoms with Gasteiger partial charge in [0.1, 0.15) is 0 Å². The molecule has 12 rings (SSSR count). The summed E-state index contributed by atoms with van der Waals surface area (Å²) in [6, 6.07) is 71.9. The van der Waals surface area contributed by atoms with E-state index in [1.54, 1.807) is 11.1 Å². The maximum atomic E-state index is 2.45. The van der Waals surface area contributed by atoms with E-state index < -0.39 is 0 Å². The van der Waals surface area contributed by atoms with E-state index in [2.05, 4.69) is 206 Å². The smallest absolute Gasteiger partial charge is 0.0139 e. The Bertz CT molecular complexity index is 3060. The first-order valence-electron chi connectivity index (χ1n) is 23.6. The molecule has 4 aliphatic rings. The molecule has 0 nitrogen and oxygen atoms in total. The van der Waals surface area contributed by atoms with Gasteiger partial charge >= 0.3 is 0 Å². The molecule has 5 unspecified atom stereocenters. The van der Waals surface area contributed by atoms with Crippen LogP contribution in [-0.4, -0.2) is 0 Å². The number of benzene rings is 8. The predicted molar refractivity (Wildman–Crippen MR) is 265 cm³/mol. The molecule has 2 saturated carbocycles. The molecule has 5 atom stereocenters. The van der Waals surface area contributed by atoms with E-state index in [0.717, 1.165) is 6.42 Å². The molecular formula is C63H54. The van der Waals surface area contributed by atoms with Gasteiger partial charge < -0.3 is 0 Å². The van der Waals surface area contributed by atoms with Crippen LogP contribution >= 0.6 is 0 Å². The Morgan fingerprint density at radius 1 is 0.397 bits per heavy atom. The van der Waals surface area contributed by atoms with Crippen molar-refractivity contribution in [1.29, 1.82) is 0 Å². The van der Waals surface area contributed by atoms with Gasteiger partial charge in [-0.05, 0) is 151 Å². The van der Waals surface area contributed by atoms with Crippen molar-refractivity contribution in [2.24, 2.45) is 11.8 Å². The van der Waals surface area contributed by atoms with Crippen LogP contribution in [0.15, 0.2) is 212 Å². The highest BCUT2D eigenvalue weighted by Gasteiger charge is 2.41. The summed E-state index contributed by atoms with van der Waals surface area (Å²) >= 11 is 0. The van der Waals surface area contributed by atoms with Crippen molar-refractivity contribution in [3.8, 4) is 11.1 Å². The fraction of sp³-hybridized carbons (Fsp3) is 0.206. The summed E-state index contributed by atoms with van der Waals surface area (Å²) in [6.45, 7) is 0. The SMILES string of the molecule is C1=CCCC(C2CC3=c4ccccc4=C(c4ccc(-c5ccc(C6CC(c7cccc8ccccc78)CC(c7cccc8ccccc78)C6)cc5)cc4)C3C(c3ccccc3)C2)=C1. The molecule has 0 radical (unpaired) electrons. The first kappa shape index (κ1) is 38.2. The average molecular weight is 811 g/mol. The van der Waals surface area contributed by atoms with Crippen molar-refractivity contribution in [3.05, 3.63) is 250 Å². The number of rotatable bonds is 7. The second-order valence-electron chi connectivity index (χ2n) is 19.0. The normalized spacial score (nSPS) is 23.1. The maximum Gasteiger partial charge on any atom is 0.0139 e. The molecule has 306 valence electrons. The molecule has 4 aliphatic carbocycles. The van der Waals surface area contributed by atoms with Crippen molar-refractivity contribution < 1.29 is 0 Å². The highest BCUT2D eigenvalue weighted by Crippen LogP contribution is 2.53. The van der Waals surface area contributed by atoms with Crippen molar-refractivity contribution in [1.82, 2.24) is 0 Å². The molecule has 0 aromatic heterocycles. The van der Waals surface area contributed by atoms with Gasteiger partial charge in [-0.15, -0.1) is 0 Å². The van der Waals surface area contributed by atoms with Crippen molar-refractivity contribution in [2.75, 3.05) is 0 Å². The molecule has 0 spiro atoms. The van der Waals surface area contributed by atoms with E-state index in [1.807, 2.05) is 0 Å². The Balaban J connectivity index is 0.867. The monoisotopic (exact) mass is 810 g/mol. The molecule has 2 fully saturated rings. The van der Waals surface area contributed by atoms with Gasteiger partial charge in [0.15, 0.2) is 0 Å². The minimum absolute atomic E-state index is 0.386. The third-order valence-corrected chi connectivity index (χ3v) is 15.6. The van der Waals surface area contributed by atoms with Crippen LogP contribution in [0.5, 0.6) is 0 Å². The Kier molecular flexibility index (Phi) is 9.90. The van der Waals surface area contributed by atoms with Gasteiger partial charge in [0.05, 0.1) is 0 Å². The largest absolute Gasteiger partial charge is 0.0842 e. The Labute approximate surface area is 372 Å². The fourth-order valence-electron chi connectivity index (χ4n) is 12.7. The topological polar surface area (TPSA) is 0 Å². The van der Waals surface area contributed by atoms with E-state index in [1.165, 1.54) is 115 Å². The summed E-state index contributed by atoms with van der Waals surface area (Å²) in [7, 11) is 0. The highest BCUT2D eigenvalue weighted by molar-refractivity contribution is 5.88. The molecule has 0 saturated heterocycles. The third-order valence-electron chi connectivity index (χ3n) is 15.6. The van der Waals surface area contributed by atoms with E-state index in [0.29, 0.717) is 35.5 Å².